The van der Waals surface area contributed by atoms with E-state index in [0.29, 0.717) is 6.42 Å². The molecule has 0 bridgehead atoms. The van der Waals surface area contributed by atoms with Gasteiger partial charge in [0.15, 0.2) is 0 Å². The van der Waals surface area contributed by atoms with E-state index < -0.39 is 6.10 Å². The zero-order chi connectivity index (χ0) is 8.97. The predicted octanol–water partition coefficient (Wildman–Crippen LogP) is 1.46. The number of aliphatic hydroxyl groups excluding tert-OH is 1. The van der Waals surface area contributed by atoms with Crippen LogP contribution in [-0.4, -0.2) is 11.1 Å². The Morgan fingerprint density at radius 2 is 1.92 bits per heavy atom. The second-order valence-electron chi connectivity index (χ2n) is 3.14. The highest BCUT2D eigenvalue weighted by Crippen LogP contribution is 2.16. The maximum absolute atomic E-state index is 9.61. The minimum absolute atomic E-state index is 0.0419. The number of rotatable bonds is 3. The lowest BCUT2D eigenvalue weighted by Gasteiger charge is -2.12. The van der Waals surface area contributed by atoms with Gasteiger partial charge in [-0.05, 0) is 18.9 Å². The average Bonchev–Trinajstić information content (AvgIpc) is 2.05. The summed E-state index contributed by atoms with van der Waals surface area (Å²) in [7, 11) is 0. The summed E-state index contributed by atoms with van der Waals surface area (Å²) in [4.78, 5) is 0. The highest BCUT2D eigenvalue weighted by molar-refractivity contribution is 5.17. The molecule has 0 unspecified atom stereocenters. The normalized spacial score (nSPS) is 15.6. The molecular weight excluding hydrogens is 150 g/mol. The number of nitrogens with two attached hydrogens (primary N) is 1. The van der Waals surface area contributed by atoms with Crippen LogP contribution in [0.4, 0.5) is 0 Å². The fourth-order valence-electron chi connectivity index (χ4n) is 1.16. The van der Waals surface area contributed by atoms with Gasteiger partial charge >= 0.3 is 0 Å². The number of benzene rings is 1. The monoisotopic (exact) mass is 165 g/mol. The summed E-state index contributed by atoms with van der Waals surface area (Å²) < 4.78 is 0. The van der Waals surface area contributed by atoms with Gasteiger partial charge in [0.2, 0.25) is 0 Å². The summed E-state index contributed by atoms with van der Waals surface area (Å²) in [5.41, 5.74) is 6.51. The summed E-state index contributed by atoms with van der Waals surface area (Å²) in [6.07, 6.45) is 0.190. The minimum atomic E-state index is -0.425. The Morgan fingerprint density at radius 3 is 2.42 bits per heavy atom. The van der Waals surface area contributed by atoms with E-state index in [9.17, 15) is 5.11 Å². The van der Waals surface area contributed by atoms with Crippen molar-refractivity contribution < 1.29 is 5.11 Å². The van der Waals surface area contributed by atoms with Gasteiger partial charge < -0.3 is 10.8 Å². The van der Waals surface area contributed by atoms with Crippen molar-refractivity contribution in [3.05, 3.63) is 35.9 Å². The van der Waals surface area contributed by atoms with Crippen molar-refractivity contribution in [3.8, 4) is 0 Å². The van der Waals surface area contributed by atoms with Crippen LogP contribution in [0.5, 0.6) is 0 Å². The van der Waals surface area contributed by atoms with Gasteiger partial charge in [-0.15, -0.1) is 0 Å². The van der Waals surface area contributed by atoms with Crippen LogP contribution in [-0.2, 0) is 0 Å². The smallest absolute Gasteiger partial charge is 0.0804 e. The first-order valence-corrected chi connectivity index (χ1v) is 4.18. The Morgan fingerprint density at radius 1 is 1.33 bits per heavy atom. The molecule has 0 amide bonds. The van der Waals surface area contributed by atoms with Crippen LogP contribution in [0.2, 0.25) is 0 Å². The molecule has 0 aliphatic carbocycles. The highest BCUT2D eigenvalue weighted by atomic mass is 16.3. The molecule has 0 aliphatic rings. The molecule has 0 heterocycles. The van der Waals surface area contributed by atoms with Gasteiger partial charge in [0.05, 0.1) is 6.10 Å². The quantitative estimate of drug-likeness (QED) is 0.712. The third-order valence-electron chi connectivity index (χ3n) is 1.78. The minimum Gasteiger partial charge on any atom is -0.388 e. The molecule has 12 heavy (non-hydrogen) atoms. The molecule has 0 fully saturated rings. The zero-order valence-corrected chi connectivity index (χ0v) is 7.27. The topological polar surface area (TPSA) is 46.2 Å². The van der Waals surface area contributed by atoms with Gasteiger partial charge in [-0.1, -0.05) is 30.3 Å². The maximum Gasteiger partial charge on any atom is 0.0804 e. The second-order valence-corrected chi connectivity index (χ2v) is 3.14. The lowest BCUT2D eigenvalue weighted by atomic mass is 10.0. The molecule has 1 rings (SSSR count). The van der Waals surface area contributed by atoms with Crippen LogP contribution < -0.4 is 5.73 Å². The van der Waals surface area contributed by atoms with Crippen LogP contribution >= 0.6 is 0 Å². The molecule has 3 N–H and O–H groups in total. The van der Waals surface area contributed by atoms with Crippen LogP contribution in [0, 0.1) is 0 Å². The predicted molar refractivity (Wildman–Crippen MR) is 49.7 cm³/mol. The summed E-state index contributed by atoms with van der Waals surface area (Å²) >= 11 is 0. The van der Waals surface area contributed by atoms with Crippen molar-refractivity contribution >= 4 is 0 Å². The Balaban J connectivity index is 2.59. The van der Waals surface area contributed by atoms with Gasteiger partial charge in [0.25, 0.3) is 0 Å². The molecule has 2 atom stereocenters. The van der Waals surface area contributed by atoms with Gasteiger partial charge in [0.1, 0.15) is 0 Å². The first kappa shape index (κ1) is 9.23. The Kier molecular flexibility index (Phi) is 3.26. The molecule has 2 heteroatoms. The molecule has 1 aromatic carbocycles. The molecule has 0 spiro atoms. The second kappa shape index (κ2) is 4.24. The lowest BCUT2D eigenvalue weighted by molar-refractivity contribution is 0.160. The summed E-state index contributed by atoms with van der Waals surface area (Å²) in [5.74, 6) is 0. The molecule has 1 aromatic rings. The summed E-state index contributed by atoms with van der Waals surface area (Å²) in [6, 6.07) is 9.63. The number of aliphatic hydroxyl groups is 1. The van der Waals surface area contributed by atoms with E-state index in [2.05, 4.69) is 0 Å². The van der Waals surface area contributed by atoms with E-state index >= 15 is 0 Å². The average molecular weight is 165 g/mol. The Labute approximate surface area is 73.0 Å². The van der Waals surface area contributed by atoms with E-state index in [-0.39, 0.29) is 6.04 Å². The van der Waals surface area contributed by atoms with E-state index in [4.69, 9.17) is 5.73 Å². The SMILES string of the molecule is C[C@H](N)C[C@@H](O)c1ccccc1. The number of hydrogen-bond acceptors (Lipinski definition) is 2. The summed E-state index contributed by atoms with van der Waals surface area (Å²) in [5, 5.41) is 9.61. The molecular formula is C10H15NO. The van der Waals surface area contributed by atoms with Crippen molar-refractivity contribution in [2.45, 2.75) is 25.5 Å². The lowest BCUT2D eigenvalue weighted by Crippen LogP contribution is -2.18. The van der Waals surface area contributed by atoms with Gasteiger partial charge in [-0.25, -0.2) is 0 Å². The van der Waals surface area contributed by atoms with Gasteiger partial charge in [-0.3, -0.25) is 0 Å². The van der Waals surface area contributed by atoms with Crippen molar-refractivity contribution in [1.29, 1.82) is 0 Å². The van der Waals surface area contributed by atoms with Crippen molar-refractivity contribution in [3.63, 3.8) is 0 Å². The standard InChI is InChI=1S/C10H15NO/c1-8(11)7-10(12)9-5-3-2-4-6-9/h2-6,8,10,12H,7,11H2,1H3/t8-,10+/m0/s1. The molecule has 0 saturated heterocycles. The maximum atomic E-state index is 9.61. The Bertz CT molecular complexity index is 221. The first-order valence-electron chi connectivity index (χ1n) is 4.18. The fraction of sp³-hybridized carbons (Fsp3) is 0.400. The van der Waals surface area contributed by atoms with Crippen LogP contribution in [0.15, 0.2) is 30.3 Å². The molecule has 0 radical (unpaired) electrons. The first-order chi connectivity index (χ1) is 5.70. The molecule has 0 aromatic heterocycles. The van der Waals surface area contributed by atoms with Gasteiger partial charge in [0, 0.05) is 6.04 Å². The van der Waals surface area contributed by atoms with Crippen LogP contribution in [0.3, 0.4) is 0 Å². The molecule has 0 aliphatic heterocycles. The zero-order valence-electron chi connectivity index (χ0n) is 7.27. The Hall–Kier alpha value is -0.860. The molecule has 0 saturated carbocycles. The van der Waals surface area contributed by atoms with E-state index in [1.807, 2.05) is 37.3 Å². The highest BCUT2D eigenvalue weighted by Gasteiger charge is 2.08. The largest absolute Gasteiger partial charge is 0.388 e. The third kappa shape index (κ3) is 2.64. The summed E-state index contributed by atoms with van der Waals surface area (Å²) in [6.45, 7) is 1.90. The van der Waals surface area contributed by atoms with Crippen molar-refractivity contribution in [2.24, 2.45) is 5.73 Å². The third-order valence-corrected chi connectivity index (χ3v) is 1.78. The number of hydrogen-bond donors (Lipinski definition) is 2. The fourth-order valence-corrected chi connectivity index (χ4v) is 1.16. The van der Waals surface area contributed by atoms with Crippen LogP contribution in [0.25, 0.3) is 0 Å². The molecule has 66 valence electrons. The van der Waals surface area contributed by atoms with E-state index in [1.165, 1.54) is 0 Å². The van der Waals surface area contributed by atoms with Gasteiger partial charge in [-0.2, -0.15) is 0 Å². The van der Waals surface area contributed by atoms with E-state index in [1.54, 1.807) is 0 Å². The molecule has 2 nitrogen and oxygen atoms in total. The van der Waals surface area contributed by atoms with E-state index in [0.717, 1.165) is 5.56 Å². The van der Waals surface area contributed by atoms with Crippen molar-refractivity contribution in [2.75, 3.05) is 0 Å². The van der Waals surface area contributed by atoms with Crippen molar-refractivity contribution in [1.82, 2.24) is 0 Å². The van der Waals surface area contributed by atoms with Crippen LogP contribution in [0.1, 0.15) is 25.0 Å².